The summed E-state index contributed by atoms with van der Waals surface area (Å²) in [6, 6.07) is 11.7. The van der Waals surface area contributed by atoms with Crippen molar-refractivity contribution in [3.8, 4) is 5.75 Å². The quantitative estimate of drug-likeness (QED) is 0.847. The van der Waals surface area contributed by atoms with Crippen molar-refractivity contribution in [2.24, 2.45) is 7.05 Å². The van der Waals surface area contributed by atoms with Gasteiger partial charge in [0, 0.05) is 26.3 Å². The fourth-order valence-corrected chi connectivity index (χ4v) is 2.39. The molecule has 4 nitrogen and oxygen atoms in total. The summed E-state index contributed by atoms with van der Waals surface area (Å²) in [6.45, 7) is 2.05. The van der Waals surface area contributed by atoms with E-state index in [0.717, 1.165) is 17.7 Å². The average molecular weight is 286 g/mol. The van der Waals surface area contributed by atoms with Crippen LogP contribution in [0.25, 0.3) is 0 Å². The lowest BCUT2D eigenvalue weighted by Crippen LogP contribution is -2.37. The Kier molecular flexibility index (Phi) is 4.68. The number of carbonyl (C=O) groups excluding carboxylic acids is 1. The minimum absolute atomic E-state index is 0.0323. The Morgan fingerprint density at radius 3 is 2.62 bits per heavy atom. The molecule has 112 valence electrons. The zero-order valence-electron chi connectivity index (χ0n) is 13.0. The minimum Gasteiger partial charge on any atom is -0.496 e. The molecule has 21 heavy (non-hydrogen) atoms. The number of hydrogen-bond acceptors (Lipinski definition) is 2. The lowest BCUT2D eigenvalue weighted by atomic mass is 10.0. The molecule has 0 bridgehead atoms. The molecule has 0 saturated heterocycles. The molecule has 0 N–H and O–H groups in total. The lowest BCUT2D eigenvalue weighted by molar-refractivity contribution is 0.0733. The number of amides is 1. The van der Waals surface area contributed by atoms with Crippen LogP contribution in [-0.2, 0) is 13.5 Å². The number of carbonyl (C=O) groups is 1. The number of likely N-dealkylation sites (N-methyl/N-ethyl adjacent to an activating group) is 1. The molecular formula is C17H22N2O2. The van der Waals surface area contributed by atoms with Gasteiger partial charge in [0.05, 0.1) is 7.11 Å². The highest BCUT2D eigenvalue weighted by molar-refractivity contribution is 5.92. The fourth-order valence-electron chi connectivity index (χ4n) is 2.39. The van der Waals surface area contributed by atoms with E-state index >= 15 is 0 Å². The number of hydrogen-bond donors (Lipinski definition) is 0. The van der Waals surface area contributed by atoms with Crippen LogP contribution in [-0.4, -0.2) is 35.6 Å². The zero-order chi connectivity index (χ0) is 15.4. The van der Waals surface area contributed by atoms with E-state index in [1.54, 1.807) is 12.0 Å². The standard InChI is InChI=1S/C17H22N2O2/c1-13(12-14-8-5-6-10-16(14)21-4)19(3)17(20)15-9-7-11-18(15)2/h5-11,13H,12H2,1-4H3/t13-/m1/s1. The molecule has 0 aliphatic rings. The first-order chi connectivity index (χ1) is 10.0. The van der Waals surface area contributed by atoms with Gasteiger partial charge in [0.25, 0.3) is 5.91 Å². The molecule has 1 atom stereocenters. The Bertz CT molecular complexity index is 619. The van der Waals surface area contributed by atoms with E-state index in [4.69, 9.17) is 4.74 Å². The summed E-state index contributed by atoms with van der Waals surface area (Å²) in [5.74, 6) is 0.897. The number of aryl methyl sites for hydroxylation is 1. The predicted molar refractivity (Wildman–Crippen MR) is 83.7 cm³/mol. The average Bonchev–Trinajstić information content (AvgIpc) is 2.92. The Labute approximate surface area is 125 Å². The summed E-state index contributed by atoms with van der Waals surface area (Å²) < 4.78 is 7.21. The number of methoxy groups -OCH3 is 1. The summed E-state index contributed by atoms with van der Waals surface area (Å²) in [5, 5.41) is 0. The molecule has 0 aliphatic heterocycles. The fraction of sp³-hybridized carbons (Fsp3) is 0.353. The van der Waals surface area contributed by atoms with Crippen molar-refractivity contribution in [3.05, 3.63) is 53.9 Å². The number of nitrogens with zero attached hydrogens (tertiary/aromatic N) is 2. The van der Waals surface area contributed by atoms with Crippen molar-refractivity contribution in [1.29, 1.82) is 0 Å². The summed E-state index contributed by atoms with van der Waals surface area (Å²) in [4.78, 5) is 14.3. The molecule has 1 amide bonds. The number of aromatic nitrogens is 1. The first-order valence-electron chi connectivity index (χ1n) is 7.05. The van der Waals surface area contributed by atoms with Gasteiger partial charge >= 0.3 is 0 Å². The third-order valence-electron chi connectivity index (χ3n) is 3.85. The Morgan fingerprint density at radius 2 is 2.00 bits per heavy atom. The molecule has 0 unspecified atom stereocenters. The van der Waals surface area contributed by atoms with Crippen LogP contribution in [0, 0.1) is 0 Å². The molecule has 1 aromatic heterocycles. The maximum atomic E-state index is 12.5. The van der Waals surface area contributed by atoms with E-state index in [2.05, 4.69) is 0 Å². The third-order valence-corrected chi connectivity index (χ3v) is 3.85. The van der Waals surface area contributed by atoms with E-state index in [1.165, 1.54) is 0 Å². The normalized spacial score (nSPS) is 12.0. The van der Waals surface area contributed by atoms with Crippen molar-refractivity contribution in [3.63, 3.8) is 0 Å². The Morgan fingerprint density at radius 1 is 1.29 bits per heavy atom. The first kappa shape index (κ1) is 15.2. The molecule has 0 fully saturated rings. The number of ether oxygens (including phenoxy) is 1. The lowest BCUT2D eigenvalue weighted by Gasteiger charge is -2.25. The van der Waals surface area contributed by atoms with Crippen LogP contribution in [0.2, 0.25) is 0 Å². The van der Waals surface area contributed by atoms with Gasteiger partial charge in [-0.3, -0.25) is 4.79 Å². The Hall–Kier alpha value is -2.23. The van der Waals surface area contributed by atoms with Gasteiger partial charge in [-0.15, -0.1) is 0 Å². The maximum absolute atomic E-state index is 12.5. The van der Waals surface area contributed by atoms with Crippen LogP contribution < -0.4 is 4.74 Å². The van der Waals surface area contributed by atoms with Crippen molar-refractivity contribution in [2.45, 2.75) is 19.4 Å². The molecule has 0 saturated carbocycles. The molecule has 1 heterocycles. The van der Waals surface area contributed by atoms with Crippen LogP contribution in [0.15, 0.2) is 42.6 Å². The number of para-hydroxylation sites is 1. The van der Waals surface area contributed by atoms with Crippen LogP contribution >= 0.6 is 0 Å². The second-order valence-corrected chi connectivity index (χ2v) is 5.29. The summed E-state index contributed by atoms with van der Waals surface area (Å²) in [6.07, 6.45) is 2.64. The van der Waals surface area contributed by atoms with Gasteiger partial charge in [-0.25, -0.2) is 0 Å². The number of benzene rings is 1. The van der Waals surface area contributed by atoms with Crippen LogP contribution in [0.5, 0.6) is 5.75 Å². The van der Waals surface area contributed by atoms with E-state index in [-0.39, 0.29) is 11.9 Å². The molecule has 0 radical (unpaired) electrons. The van der Waals surface area contributed by atoms with Gasteiger partial charge in [0.1, 0.15) is 11.4 Å². The van der Waals surface area contributed by atoms with Gasteiger partial charge in [-0.05, 0) is 37.1 Å². The smallest absolute Gasteiger partial charge is 0.270 e. The molecule has 0 aliphatic carbocycles. The van der Waals surface area contributed by atoms with Crippen molar-refractivity contribution >= 4 is 5.91 Å². The minimum atomic E-state index is 0.0323. The van der Waals surface area contributed by atoms with Gasteiger partial charge in [0.2, 0.25) is 0 Å². The Balaban J connectivity index is 2.11. The van der Waals surface area contributed by atoms with E-state index in [0.29, 0.717) is 5.69 Å². The van der Waals surface area contributed by atoms with Crippen molar-refractivity contribution < 1.29 is 9.53 Å². The van der Waals surface area contributed by atoms with Crippen LogP contribution in [0.4, 0.5) is 0 Å². The van der Waals surface area contributed by atoms with Gasteiger partial charge in [-0.1, -0.05) is 18.2 Å². The topological polar surface area (TPSA) is 34.5 Å². The highest BCUT2D eigenvalue weighted by Gasteiger charge is 2.20. The van der Waals surface area contributed by atoms with E-state index in [9.17, 15) is 4.79 Å². The molecule has 2 rings (SSSR count). The van der Waals surface area contributed by atoms with Crippen molar-refractivity contribution in [2.75, 3.05) is 14.2 Å². The van der Waals surface area contributed by atoms with E-state index < -0.39 is 0 Å². The maximum Gasteiger partial charge on any atom is 0.270 e. The summed E-state index contributed by atoms with van der Waals surface area (Å²) >= 11 is 0. The molecule has 0 spiro atoms. The van der Waals surface area contributed by atoms with Gasteiger partial charge < -0.3 is 14.2 Å². The van der Waals surface area contributed by atoms with Gasteiger partial charge in [0.15, 0.2) is 0 Å². The third kappa shape index (κ3) is 3.27. The van der Waals surface area contributed by atoms with Crippen LogP contribution in [0.1, 0.15) is 23.0 Å². The number of rotatable bonds is 5. The SMILES string of the molecule is COc1ccccc1C[C@@H](C)N(C)C(=O)c1cccn1C. The zero-order valence-corrected chi connectivity index (χ0v) is 13.0. The molecule has 1 aromatic carbocycles. The summed E-state index contributed by atoms with van der Waals surface area (Å²) in [7, 11) is 5.39. The monoisotopic (exact) mass is 286 g/mol. The highest BCUT2D eigenvalue weighted by atomic mass is 16.5. The van der Waals surface area contributed by atoms with Crippen molar-refractivity contribution in [1.82, 2.24) is 9.47 Å². The van der Waals surface area contributed by atoms with Crippen LogP contribution in [0.3, 0.4) is 0 Å². The second-order valence-electron chi connectivity index (χ2n) is 5.29. The predicted octanol–water partition coefficient (Wildman–Crippen LogP) is 2.74. The molecule has 2 aromatic rings. The second kappa shape index (κ2) is 6.48. The largest absolute Gasteiger partial charge is 0.496 e. The molecule has 4 heteroatoms. The summed E-state index contributed by atoms with van der Waals surface area (Å²) in [5.41, 5.74) is 1.81. The van der Waals surface area contributed by atoms with E-state index in [1.807, 2.05) is 68.2 Å². The molecular weight excluding hydrogens is 264 g/mol. The highest BCUT2D eigenvalue weighted by Crippen LogP contribution is 2.20. The van der Waals surface area contributed by atoms with Gasteiger partial charge in [-0.2, -0.15) is 0 Å². The first-order valence-corrected chi connectivity index (χ1v) is 7.05.